The van der Waals surface area contributed by atoms with Crippen molar-refractivity contribution in [1.82, 2.24) is 14.7 Å². The quantitative estimate of drug-likeness (QED) is 0.828. The van der Waals surface area contributed by atoms with Gasteiger partial charge in [-0.3, -0.25) is 0 Å². The van der Waals surface area contributed by atoms with Crippen LogP contribution in [0.4, 0.5) is 0 Å². The van der Waals surface area contributed by atoms with Crippen molar-refractivity contribution >= 4 is 23.3 Å². The third-order valence-electron chi connectivity index (χ3n) is 2.46. The Hall–Kier alpha value is -1.42. The zero-order valence-electron chi connectivity index (χ0n) is 10.6. The molecule has 0 radical (unpaired) electrons. The van der Waals surface area contributed by atoms with Crippen LogP contribution in [0.1, 0.15) is 24.5 Å². The molecule has 0 spiro atoms. The molecule has 1 heterocycles. The summed E-state index contributed by atoms with van der Waals surface area (Å²) in [7, 11) is 0. The van der Waals surface area contributed by atoms with Gasteiger partial charge in [-0.1, -0.05) is 24.8 Å². The number of benzene rings is 1. The molecule has 4 nitrogen and oxygen atoms in total. The highest BCUT2D eigenvalue weighted by molar-refractivity contribution is 8.01. The molecule has 0 fully saturated rings. The molecule has 0 aliphatic carbocycles. The summed E-state index contributed by atoms with van der Waals surface area (Å²) in [5.74, 6) is 0. The lowest BCUT2D eigenvalue weighted by molar-refractivity contribution is 0.675. The van der Waals surface area contributed by atoms with Gasteiger partial charge in [0.1, 0.15) is 12.4 Å². The van der Waals surface area contributed by atoms with Gasteiger partial charge < -0.3 is 5.32 Å². The molecular formula is C13H14N4S2. The molecule has 0 unspecified atom stereocenters. The molecule has 0 aliphatic rings. The number of hydrogen-bond donors (Lipinski definition) is 1. The Morgan fingerprint density at radius 3 is 3.05 bits per heavy atom. The highest BCUT2D eigenvalue weighted by Gasteiger charge is 2.07. The maximum absolute atomic E-state index is 9.23. The number of nitrogens with zero attached hydrogens (tertiary/aromatic N) is 3. The van der Waals surface area contributed by atoms with Gasteiger partial charge in [-0.15, -0.1) is 0 Å². The molecule has 1 aromatic carbocycles. The number of nitriles is 1. The summed E-state index contributed by atoms with van der Waals surface area (Å²) in [6.07, 6.45) is 2.64. The second kappa shape index (κ2) is 7.24. The van der Waals surface area contributed by atoms with Gasteiger partial charge in [0, 0.05) is 11.4 Å². The minimum atomic E-state index is 0.691. The average Bonchev–Trinajstić information content (AvgIpc) is 2.93. The van der Waals surface area contributed by atoms with Gasteiger partial charge in [0.25, 0.3) is 0 Å². The summed E-state index contributed by atoms with van der Waals surface area (Å²) in [4.78, 5) is 5.05. The fourth-order valence-corrected chi connectivity index (χ4v) is 3.04. The van der Waals surface area contributed by atoms with Gasteiger partial charge >= 0.3 is 0 Å². The molecule has 0 saturated carbocycles. The molecule has 0 amide bonds. The van der Waals surface area contributed by atoms with Crippen molar-refractivity contribution in [1.29, 1.82) is 5.26 Å². The first-order valence-corrected chi connectivity index (χ1v) is 7.60. The summed E-state index contributed by atoms with van der Waals surface area (Å²) >= 11 is 2.82. The Balaban J connectivity index is 2.10. The van der Waals surface area contributed by atoms with Crippen LogP contribution < -0.4 is 5.32 Å². The lowest BCUT2D eigenvalue weighted by atomic mass is 10.1. The van der Waals surface area contributed by atoms with Crippen LogP contribution in [-0.4, -0.2) is 15.9 Å². The monoisotopic (exact) mass is 290 g/mol. The molecule has 0 aliphatic heterocycles. The van der Waals surface area contributed by atoms with Gasteiger partial charge in [0.05, 0.1) is 5.56 Å². The third kappa shape index (κ3) is 4.03. The Bertz CT molecular complexity index is 561. The molecule has 2 aromatic rings. The van der Waals surface area contributed by atoms with Crippen LogP contribution in [0, 0.1) is 11.3 Å². The van der Waals surface area contributed by atoms with Crippen molar-refractivity contribution in [2.45, 2.75) is 29.1 Å². The number of aromatic nitrogens is 2. The third-order valence-corrected chi connectivity index (χ3v) is 4.25. The molecule has 19 heavy (non-hydrogen) atoms. The number of nitrogens with one attached hydrogen (secondary N) is 1. The minimum absolute atomic E-state index is 0.691. The van der Waals surface area contributed by atoms with Gasteiger partial charge in [0.15, 0.2) is 4.34 Å². The molecule has 6 heteroatoms. The van der Waals surface area contributed by atoms with Crippen molar-refractivity contribution < 1.29 is 0 Å². The first kappa shape index (κ1) is 14.0. The van der Waals surface area contributed by atoms with Gasteiger partial charge in [-0.05, 0) is 42.2 Å². The molecule has 1 N–H and O–H groups in total. The van der Waals surface area contributed by atoms with E-state index in [1.165, 1.54) is 29.6 Å². The van der Waals surface area contributed by atoms with Crippen molar-refractivity contribution in [2.24, 2.45) is 0 Å². The van der Waals surface area contributed by atoms with Crippen molar-refractivity contribution in [2.75, 3.05) is 6.54 Å². The zero-order valence-corrected chi connectivity index (χ0v) is 12.2. The Morgan fingerprint density at radius 1 is 1.47 bits per heavy atom. The van der Waals surface area contributed by atoms with Gasteiger partial charge in [0.2, 0.25) is 0 Å². The summed E-state index contributed by atoms with van der Waals surface area (Å²) < 4.78 is 4.81. The number of rotatable bonds is 6. The van der Waals surface area contributed by atoms with Crippen LogP contribution >= 0.6 is 23.3 Å². The number of hydrogen-bond acceptors (Lipinski definition) is 6. The van der Waals surface area contributed by atoms with Crippen molar-refractivity contribution in [3.63, 3.8) is 0 Å². The van der Waals surface area contributed by atoms with Crippen LogP contribution in [0.3, 0.4) is 0 Å². The predicted molar refractivity (Wildman–Crippen MR) is 77.2 cm³/mol. The van der Waals surface area contributed by atoms with E-state index in [0.717, 1.165) is 34.3 Å². The lowest BCUT2D eigenvalue weighted by Gasteiger charge is -2.06. The van der Waals surface area contributed by atoms with E-state index in [1.54, 1.807) is 0 Å². The summed E-state index contributed by atoms with van der Waals surface area (Å²) in [6, 6.07) is 8.21. The van der Waals surface area contributed by atoms with E-state index in [0.29, 0.717) is 5.56 Å². The standard InChI is InChI=1S/C13H14N4S2/c1-2-5-15-8-10-3-4-12(11(6-10)7-14)18-13-16-9-17-19-13/h3-4,6,9,15H,2,5,8H2,1H3. The van der Waals surface area contributed by atoms with E-state index in [9.17, 15) is 5.26 Å². The Morgan fingerprint density at radius 2 is 2.37 bits per heavy atom. The molecule has 0 bridgehead atoms. The molecule has 1 aromatic heterocycles. The summed E-state index contributed by atoms with van der Waals surface area (Å²) in [6.45, 7) is 3.92. The highest BCUT2D eigenvalue weighted by atomic mass is 32.2. The molecule has 0 atom stereocenters. The molecule has 2 rings (SSSR count). The van der Waals surface area contributed by atoms with Gasteiger partial charge in [-0.2, -0.15) is 9.64 Å². The van der Waals surface area contributed by atoms with E-state index >= 15 is 0 Å². The van der Waals surface area contributed by atoms with Gasteiger partial charge in [-0.25, -0.2) is 4.98 Å². The van der Waals surface area contributed by atoms with E-state index in [-0.39, 0.29) is 0 Å². The zero-order chi connectivity index (χ0) is 13.5. The van der Waals surface area contributed by atoms with E-state index < -0.39 is 0 Å². The fraction of sp³-hybridized carbons (Fsp3) is 0.308. The van der Waals surface area contributed by atoms with Crippen LogP contribution in [-0.2, 0) is 6.54 Å². The SMILES string of the molecule is CCCNCc1ccc(Sc2ncns2)c(C#N)c1. The van der Waals surface area contributed by atoms with E-state index in [4.69, 9.17) is 0 Å². The average molecular weight is 290 g/mol. The summed E-state index contributed by atoms with van der Waals surface area (Å²) in [5.41, 5.74) is 1.82. The minimum Gasteiger partial charge on any atom is -0.313 e. The predicted octanol–water partition coefficient (Wildman–Crippen LogP) is 3.06. The maximum Gasteiger partial charge on any atom is 0.174 e. The van der Waals surface area contributed by atoms with E-state index in [2.05, 4.69) is 27.7 Å². The van der Waals surface area contributed by atoms with Crippen molar-refractivity contribution in [3.05, 3.63) is 35.7 Å². The van der Waals surface area contributed by atoms with Crippen LogP contribution in [0.2, 0.25) is 0 Å². The highest BCUT2D eigenvalue weighted by Crippen LogP contribution is 2.31. The smallest absolute Gasteiger partial charge is 0.174 e. The largest absolute Gasteiger partial charge is 0.313 e. The van der Waals surface area contributed by atoms with Crippen molar-refractivity contribution in [3.8, 4) is 6.07 Å². The van der Waals surface area contributed by atoms with Crippen LogP contribution in [0.5, 0.6) is 0 Å². The second-order valence-electron chi connectivity index (χ2n) is 3.93. The fourth-order valence-electron chi connectivity index (χ4n) is 1.57. The summed E-state index contributed by atoms with van der Waals surface area (Å²) in [5, 5.41) is 12.6. The molecule has 98 valence electrons. The van der Waals surface area contributed by atoms with E-state index in [1.807, 2.05) is 18.2 Å². The lowest BCUT2D eigenvalue weighted by Crippen LogP contribution is -2.13. The normalized spacial score (nSPS) is 10.3. The first-order chi connectivity index (χ1) is 9.33. The first-order valence-electron chi connectivity index (χ1n) is 6.01. The topological polar surface area (TPSA) is 61.6 Å². The maximum atomic E-state index is 9.23. The molecule has 0 saturated heterocycles. The Kier molecular flexibility index (Phi) is 5.33. The van der Waals surface area contributed by atoms with Crippen LogP contribution in [0.25, 0.3) is 0 Å². The van der Waals surface area contributed by atoms with Crippen LogP contribution in [0.15, 0.2) is 33.8 Å². The molecular weight excluding hydrogens is 276 g/mol. The Labute approximate surface area is 121 Å². The second-order valence-corrected chi connectivity index (χ2v) is 6.00.